The molecule has 10 nitrogen and oxygen atoms in total. The number of aryl methyl sites for hydroxylation is 2. The number of halogens is 6. The molecule has 0 saturated heterocycles. The first-order valence-corrected chi connectivity index (χ1v) is 22.5. The lowest BCUT2D eigenvalue weighted by Gasteiger charge is -2.26. The first kappa shape index (κ1) is 46.8. The highest BCUT2D eigenvalue weighted by molar-refractivity contribution is 7.19. The molecule has 340 valence electrons. The Kier molecular flexibility index (Phi) is 13.0. The van der Waals surface area contributed by atoms with Crippen molar-refractivity contribution in [3.05, 3.63) is 93.7 Å². The van der Waals surface area contributed by atoms with Crippen LogP contribution in [0.15, 0.2) is 93.3 Å². The molecule has 6 aromatic rings. The van der Waals surface area contributed by atoms with Gasteiger partial charge in [0.2, 0.25) is 11.8 Å². The second-order valence-corrected chi connectivity index (χ2v) is 17.9. The van der Waals surface area contributed by atoms with Crippen LogP contribution in [0.4, 0.5) is 71.8 Å². The van der Waals surface area contributed by atoms with Crippen molar-refractivity contribution in [2.24, 2.45) is 20.5 Å². The lowest BCUT2D eigenvalue weighted by molar-refractivity contribution is -0.254. The van der Waals surface area contributed by atoms with E-state index in [1.165, 1.54) is 64.1 Å². The Bertz CT molecular complexity index is 2740. The van der Waals surface area contributed by atoms with Gasteiger partial charge in [0.15, 0.2) is 0 Å². The van der Waals surface area contributed by atoms with Crippen molar-refractivity contribution < 1.29 is 35.9 Å². The number of anilines is 4. The smallest absolute Gasteiger partial charge is 0.370 e. The number of para-hydroxylation sites is 2. The van der Waals surface area contributed by atoms with E-state index in [-0.39, 0.29) is 43.7 Å². The lowest BCUT2D eigenvalue weighted by Crippen LogP contribution is -2.48. The Morgan fingerprint density at radius 2 is 0.938 bits per heavy atom. The van der Waals surface area contributed by atoms with Crippen LogP contribution >= 0.6 is 22.7 Å². The maximum absolute atomic E-state index is 16.3. The average Bonchev–Trinajstić information content (AvgIpc) is 3.78. The summed E-state index contributed by atoms with van der Waals surface area (Å²) in [6, 6.07) is 19.3. The van der Waals surface area contributed by atoms with Gasteiger partial charge in [0.05, 0.1) is 34.1 Å². The number of carbonyl (C=O) groups is 2. The van der Waals surface area contributed by atoms with E-state index in [0.717, 1.165) is 34.0 Å². The molecule has 1 aliphatic carbocycles. The van der Waals surface area contributed by atoms with Crippen molar-refractivity contribution in [1.29, 1.82) is 0 Å². The number of nitrogens with one attached hydrogen (secondary N) is 2. The summed E-state index contributed by atoms with van der Waals surface area (Å²) in [5, 5.41) is 23.3. The van der Waals surface area contributed by atoms with Crippen LogP contribution in [0.2, 0.25) is 0 Å². The molecule has 1 aliphatic rings. The van der Waals surface area contributed by atoms with Gasteiger partial charge in [-0.25, -0.2) is 0 Å². The second-order valence-electron chi connectivity index (χ2n) is 15.4. The molecule has 2 heterocycles. The third-order valence-corrected chi connectivity index (χ3v) is 13.4. The first-order chi connectivity index (χ1) is 30.8. The minimum atomic E-state index is -5.77. The molecule has 7 rings (SSSR count). The molecule has 4 aromatic carbocycles. The summed E-state index contributed by atoms with van der Waals surface area (Å²) in [5.41, 5.74) is -0.104. The summed E-state index contributed by atoms with van der Waals surface area (Å²) in [6.07, 6.45) is 0. The zero-order valence-electron chi connectivity index (χ0n) is 36.8. The van der Waals surface area contributed by atoms with Gasteiger partial charge in [-0.1, -0.05) is 24.3 Å². The molecular weight excluding hydrogens is 887 g/mol. The fourth-order valence-electron chi connectivity index (χ4n) is 8.26. The third kappa shape index (κ3) is 8.26. The molecule has 0 aliphatic heterocycles. The molecule has 2 amide bonds. The van der Waals surface area contributed by atoms with Crippen molar-refractivity contribution in [1.82, 2.24) is 0 Å². The number of carbonyl (C=O) groups excluding carboxylic acids is 2. The normalized spacial score (nSPS) is 15.5. The number of rotatable bonds is 14. The molecule has 18 heteroatoms. The van der Waals surface area contributed by atoms with Crippen LogP contribution in [-0.2, 0) is 9.59 Å². The van der Waals surface area contributed by atoms with Gasteiger partial charge in [-0.15, -0.1) is 32.9 Å². The topological polar surface area (TPSA) is 114 Å². The monoisotopic (exact) mass is 932 g/mol. The molecule has 65 heavy (non-hydrogen) atoms. The van der Waals surface area contributed by atoms with Crippen molar-refractivity contribution in [2.75, 3.05) is 46.6 Å². The highest BCUT2D eigenvalue weighted by Gasteiger charge is 2.80. The molecule has 0 spiro atoms. The van der Waals surface area contributed by atoms with Crippen LogP contribution in [0.1, 0.15) is 62.4 Å². The summed E-state index contributed by atoms with van der Waals surface area (Å²) in [4.78, 5) is 28.7. The van der Waals surface area contributed by atoms with Crippen molar-refractivity contribution in [3.8, 4) is 0 Å². The number of hydrogen-bond acceptors (Lipinski definition) is 10. The Balaban J connectivity index is 1.32. The summed E-state index contributed by atoms with van der Waals surface area (Å²) < 4.78 is 97.5. The van der Waals surface area contributed by atoms with E-state index < -0.39 is 40.0 Å². The number of alkyl halides is 6. The number of amides is 2. The minimum absolute atomic E-state index is 0.0678. The number of allylic oxidation sites excluding steroid dienone is 2. The molecule has 0 bridgehead atoms. The maximum Gasteiger partial charge on any atom is 0.380 e. The summed E-state index contributed by atoms with van der Waals surface area (Å²) >= 11 is 1.96. The van der Waals surface area contributed by atoms with E-state index in [9.17, 15) is 9.59 Å². The minimum Gasteiger partial charge on any atom is -0.370 e. The Morgan fingerprint density at radius 1 is 0.569 bits per heavy atom. The predicted octanol–water partition coefficient (Wildman–Crippen LogP) is 15.0. The van der Waals surface area contributed by atoms with Crippen LogP contribution in [0.5, 0.6) is 0 Å². The molecule has 0 unspecified atom stereocenters. The molecule has 0 radical (unpaired) electrons. The van der Waals surface area contributed by atoms with E-state index >= 15 is 26.3 Å². The third-order valence-electron chi connectivity index (χ3n) is 11.3. The summed E-state index contributed by atoms with van der Waals surface area (Å²) in [6.45, 7) is 16.1. The number of thiophene rings is 2. The van der Waals surface area contributed by atoms with Crippen LogP contribution in [-0.4, -0.2) is 55.8 Å². The Hall–Kier alpha value is -6.14. The van der Waals surface area contributed by atoms with E-state index in [2.05, 4.69) is 31.1 Å². The van der Waals surface area contributed by atoms with Gasteiger partial charge < -0.3 is 20.4 Å². The number of azo groups is 2. The predicted molar refractivity (Wildman–Crippen MR) is 252 cm³/mol. The van der Waals surface area contributed by atoms with Crippen LogP contribution in [0, 0.1) is 13.8 Å². The molecule has 0 atom stereocenters. The van der Waals surface area contributed by atoms with Gasteiger partial charge in [0, 0.05) is 92.2 Å². The van der Waals surface area contributed by atoms with Crippen molar-refractivity contribution in [3.63, 3.8) is 0 Å². The van der Waals surface area contributed by atoms with E-state index in [1.54, 1.807) is 24.3 Å². The fraction of sp³-hybridized carbons (Fsp3) is 0.319. The molecule has 0 saturated carbocycles. The Labute approximate surface area is 379 Å². The zero-order chi connectivity index (χ0) is 47.2. The number of fused-ring (bicyclic) bond motifs is 2. The molecule has 2 N–H and O–H groups in total. The quantitative estimate of drug-likeness (QED) is 0.0836. The summed E-state index contributed by atoms with van der Waals surface area (Å²) in [7, 11) is 0. The molecular formula is C47H46F6N8O2S2. The fourth-order valence-corrected chi connectivity index (χ4v) is 10.5. The number of nitrogens with zero attached hydrogens (tertiary/aromatic N) is 6. The van der Waals surface area contributed by atoms with Crippen molar-refractivity contribution in [2.45, 2.75) is 73.2 Å². The molecule has 0 fully saturated rings. The van der Waals surface area contributed by atoms with E-state index in [4.69, 9.17) is 0 Å². The number of benzene rings is 4. The average molecular weight is 933 g/mol. The van der Waals surface area contributed by atoms with Crippen molar-refractivity contribution >= 4 is 111 Å². The van der Waals surface area contributed by atoms with E-state index in [1.807, 2.05) is 49.6 Å². The highest BCUT2D eigenvalue weighted by Crippen LogP contribution is 2.67. The highest BCUT2D eigenvalue weighted by atomic mass is 32.1. The van der Waals surface area contributed by atoms with Gasteiger partial charge in [-0.05, 0) is 90.1 Å². The first-order valence-electron chi connectivity index (χ1n) is 20.9. The SMILES string of the molecule is CCN(CC)c1cccc(N=Nc2ccc3c(C4=C(c5c(C)sc6cc(N=Nc7cccc(N(CC)CC)c7NC(C)=O)ccc56)C(F)(F)C(F)(F)C4(F)F)c(C)sc3c2)c1NC(C)=O. The molecule has 2 aromatic heterocycles. The van der Waals surface area contributed by atoms with Crippen LogP contribution < -0.4 is 20.4 Å². The Morgan fingerprint density at radius 3 is 1.28 bits per heavy atom. The zero-order valence-corrected chi connectivity index (χ0v) is 38.5. The lowest BCUT2D eigenvalue weighted by atomic mass is 9.91. The second kappa shape index (κ2) is 18.0. The standard InChI is InChI=1S/C47H46F6N8O2S2/c1-9-60(10-2)35-17-13-15-33(43(35)54-27(7)62)58-56-29-19-21-31-37(23-29)64-25(5)39(31)41-42(46(50,51)47(52,53)45(41,48)49)40-26(6)65-38-24-30(20-22-32(38)40)57-59-34-16-14-18-36(61(11-3)12-4)44(34)55-28(8)63/h13-24H,9-12H2,1-8H3,(H,54,62)(H,55,63). The largest absolute Gasteiger partial charge is 0.380 e. The van der Waals surface area contributed by atoms with Gasteiger partial charge in [0.1, 0.15) is 11.4 Å². The van der Waals surface area contributed by atoms with Gasteiger partial charge in [-0.2, -0.15) is 36.6 Å². The van der Waals surface area contributed by atoms with Gasteiger partial charge in [-0.3, -0.25) is 9.59 Å². The van der Waals surface area contributed by atoms with Crippen LogP contribution in [0.3, 0.4) is 0 Å². The maximum atomic E-state index is 16.3. The van der Waals surface area contributed by atoms with Gasteiger partial charge in [0.25, 0.3) is 0 Å². The van der Waals surface area contributed by atoms with E-state index in [0.29, 0.717) is 58.3 Å². The van der Waals surface area contributed by atoms with Gasteiger partial charge >= 0.3 is 17.8 Å². The summed E-state index contributed by atoms with van der Waals surface area (Å²) in [5.74, 6) is -17.0. The number of hydrogen-bond donors (Lipinski definition) is 2. The van der Waals surface area contributed by atoms with Crippen LogP contribution in [0.25, 0.3) is 31.3 Å².